The second kappa shape index (κ2) is 6.84. The number of nitrogens with zero attached hydrogens (tertiary/aromatic N) is 3. The van der Waals surface area contributed by atoms with Crippen molar-refractivity contribution in [3.8, 4) is 5.69 Å². The maximum Gasteiger partial charge on any atom is 0.0787 e. The number of rotatable bonds is 3. The molecular weight excluding hydrogens is 386 g/mol. The van der Waals surface area contributed by atoms with Gasteiger partial charge in [-0.15, -0.1) is 0 Å². The molecule has 2 aromatic carbocycles. The number of aromatic nitrogens is 2. The first kappa shape index (κ1) is 17.2. The van der Waals surface area contributed by atoms with E-state index in [-0.39, 0.29) is 11.5 Å². The Labute approximate surface area is 162 Å². The van der Waals surface area contributed by atoms with Crippen LogP contribution >= 0.6 is 15.9 Å². The maximum atomic E-state index is 4.93. The van der Waals surface area contributed by atoms with E-state index in [0.29, 0.717) is 0 Å². The van der Waals surface area contributed by atoms with E-state index in [1.54, 1.807) is 0 Å². The molecule has 1 aliphatic rings. The molecule has 0 N–H and O–H groups in total. The summed E-state index contributed by atoms with van der Waals surface area (Å²) >= 11 is 3.48. The van der Waals surface area contributed by atoms with E-state index in [9.17, 15) is 0 Å². The molecule has 0 spiro atoms. The van der Waals surface area contributed by atoms with Gasteiger partial charge in [0, 0.05) is 16.3 Å². The summed E-state index contributed by atoms with van der Waals surface area (Å²) in [6, 6.07) is 18.8. The highest BCUT2D eigenvalue weighted by molar-refractivity contribution is 9.10. The Morgan fingerprint density at radius 3 is 2.58 bits per heavy atom. The van der Waals surface area contributed by atoms with Crippen LogP contribution in [-0.2, 0) is 6.42 Å². The minimum Gasteiger partial charge on any atom is -0.284 e. The van der Waals surface area contributed by atoms with Crippen LogP contribution < -0.4 is 0 Å². The largest absolute Gasteiger partial charge is 0.284 e. The second-order valence-electron chi connectivity index (χ2n) is 7.68. The summed E-state index contributed by atoms with van der Waals surface area (Å²) in [6.07, 6.45) is 6.04. The van der Waals surface area contributed by atoms with Gasteiger partial charge in [0.15, 0.2) is 0 Å². The first-order valence-corrected chi connectivity index (χ1v) is 9.72. The van der Waals surface area contributed by atoms with E-state index < -0.39 is 0 Å². The van der Waals surface area contributed by atoms with E-state index in [1.807, 2.05) is 30.6 Å². The van der Waals surface area contributed by atoms with Crippen molar-refractivity contribution in [1.82, 2.24) is 9.78 Å². The lowest BCUT2D eigenvalue weighted by atomic mass is 9.74. The molecule has 0 amide bonds. The zero-order valence-corrected chi connectivity index (χ0v) is 16.6. The molecule has 132 valence electrons. The fraction of sp³-hybridized carbons (Fsp3) is 0.273. The van der Waals surface area contributed by atoms with E-state index in [1.165, 1.54) is 11.3 Å². The summed E-state index contributed by atoms with van der Waals surface area (Å²) in [5.74, 6) is 0. The topological polar surface area (TPSA) is 30.2 Å². The lowest BCUT2D eigenvalue weighted by Crippen LogP contribution is -2.26. The van der Waals surface area contributed by atoms with Gasteiger partial charge in [0.05, 0.1) is 23.6 Å². The quantitative estimate of drug-likeness (QED) is 0.506. The van der Waals surface area contributed by atoms with Gasteiger partial charge in [-0.1, -0.05) is 60.1 Å². The van der Waals surface area contributed by atoms with Gasteiger partial charge in [-0.2, -0.15) is 5.10 Å². The van der Waals surface area contributed by atoms with Crippen LogP contribution in [0, 0.1) is 5.41 Å². The Balaban J connectivity index is 1.70. The van der Waals surface area contributed by atoms with Crippen LogP contribution in [0.5, 0.6) is 0 Å². The van der Waals surface area contributed by atoms with Crippen LogP contribution in [0.4, 0.5) is 0 Å². The minimum absolute atomic E-state index is 0.148. The van der Waals surface area contributed by atoms with Crippen molar-refractivity contribution in [2.24, 2.45) is 10.4 Å². The lowest BCUT2D eigenvalue weighted by molar-refractivity contribution is 0.279. The zero-order chi connectivity index (χ0) is 18.1. The molecule has 4 heteroatoms. The van der Waals surface area contributed by atoms with Crippen molar-refractivity contribution in [3.05, 3.63) is 82.1 Å². The van der Waals surface area contributed by atoms with E-state index >= 15 is 0 Å². The Kier molecular flexibility index (Phi) is 4.53. The van der Waals surface area contributed by atoms with Crippen molar-refractivity contribution in [3.63, 3.8) is 0 Å². The van der Waals surface area contributed by atoms with Crippen molar-refractivity contribution < 1.29 is 0 Å². The van der Waals surface area contributed by atoms with E-state index in [4.69, 9.17) is 4.99 Å². The Morgan fingerprint density at radius 1 is 1.12 bits per heavy atom. The van der Waals surface area contributed by atoms with Crippen molar-refractivity contribution in [2.75, 3.05) is 0 Å². The third kappa shape index (κ3) is 3.51. The monoisotopic (exact) mass is 407 g/mol. The average molecular weight is 408 g/mol. The van der Waals surface area contributed by atoms with E-state index in [0.717, 1.165) is 28.6 Å². The van der Waals surface area contributed by atoms with Crippen LogP contribution in [0.1, 0.15) is 43.1 Å². The molecule has 1 atom stereocenters. The number of fused-ring (bicyclic) bond motifs is 1. The number of hydrogen-bond acceptors (Lipinski definition) is 2. The number of aliphatic imine (C=N–C) groups is 1. The Hall–Kier alpha value is -2.20. The zero-order valence-electron chi connectivity index (χ0n) is 15.1. The third-order valence-electron chi connectivity index (χ3n) is 4.93. The third-order valence-corrected chi connectivity index (χ3v) is 5.46. The molecule has 0 bridgehead atoms. The molecule has 3 nitrogen and oxygen atoms in total. The minimum atomic E-state index is 0.148. The molecule has 1 aromatic heterocycles. The molecule has 1 aliphatic carbocycles. The summed E-state index contributed by atoms with van der Waals surface area (Å²) in [6.45, 7) is 4.64. The number of benzene rings is 2. The van der Waals surface area contributed by atoms with Gasteiger partial charge in [0.25, 0.3) is 0 Å². The highest BCUT2D eigenvalue weighted by atomic mass is 79.9. The van der Waals surface area contributed by atoms with Crippen LogP contribution in [0.15, 0.2) is 70.3 Å². The number of hydrogen-bond donors (Lipinski definition) is 0. The van der Waals surface area contributed by atoms with Crippen LogP contribution in [0.25, 0.3) is 5.69 Å². The molecule has 0 saturated carbocycles. The van der Waals surface area contributed by atoms with Gasteiger partial charge in [0.2, 0.25) is 0 Å². The lowest BCUT2D eigenvalue weighted by Gasteiger charge is -2.33. The van der Waals surface area contributed by atoms with Gasteiger partial charge < -0.3 is 0 Å². The molecule has 1 unspecified atom stereocenters. The predicted molar refractivity (Wildman–Crippen MR) is 110 cm³/mol. The van der Waals surface area contributed by atoms with Gasteiger partial charge in [0.1, 0.15) is 0 Å². The van der Waals surface area contributed by atoms with Crippen molar-refractivity contribution >= 4 is 22.1 Å². The average Bonchev–Trinajstić information content (AvgIpc) is 3.04. The number of para-hydroxylation sites is 1. The van der Waals surface area contributed by atoms with Crippen LogP contribution in [0.3, 0.4) is 0 Å². The smallest absolute Gasteiger partial charge is 0.0787 e. The SMILES string of the molecule is CC1(C)Cc2c(cnn2-c2ccccc2)C(N=Cc2ccc(Br)cc2)C1. The maximum absolute atomic E-state index is 4.93. The molecule has 0 aliphatic heterocycles. The summed E-state index contributed by atoms with van der Waals surface area (Å²) in [7, 11) is 0. The van der Waals surface area contributed by atoms with Gasteiger partial charge in [-0.25, -0.2) is 4.68 Å². The normalized spacial score (nSPS) is 18.8. The Morgan fingerprint density at radius 2 is 1.85 bits per heavy atom. The summed E-state index contributed by atoms with van der Waals surface area (Å²) in [4.78, 5) is 4.93. The highest BCUT2D eigenvalue weighted by Gasteiger charge is 2.34. The van der Waals surface area contributed by atoms with E-state index in [2.05, 4.69) is 76.0 Å². The molecule has 4 rings (SSSR count). The predicted octanol–water partition coefficient (Wildman–Crippen LogP) is 5.77. The Bertz CT molecular complexity index is 924. The summed E-state index contributed by atoms with van der Waals surface area (Å²) < 4.78 is 3.16. The fourth-order valence-corrected chi connectivity index (χ4v) is 3.91. The first-order chi connectivity index (χ1) is 12.5. The van der Waals surface area contributed by atoms with Gasteiger partial charge in [-0.05, 0) is 48.1 Å². The summed E-state index contributed by atoms with van der Waals surface area (Å²) in [5.41, 5.74) is 4.96. The molecule has 0 radical (unpaired) electrons. The van der Waals surface area contributed by atoms with Gasteiger partial charge in [-0.3, -0.25) is 4.99 Å². The molecule has 0 saturated heterocycles. The second-order valence-corrected chi connectivity index (χ2v) is 8.60. The van der Waals surface area contributed by atoms with Crippen molar-refractivity contribution in [2.45, 2.75) is 32.7 Å². The summed E-state index contributed by atoms with van der Waals surface area (Å²) in [5, 5.41) is 4.69. The van der Waals surface area contributed by atoms with Gasteiger partial charge >= 0.3 is 0 Å². The highest BCUT2D eigenvalue weighted by Crippen LogP contribution is 2.43. The van der Waals surface area contributed by atoms with Crippen molar-refractivity contribution in [1.29, 1.82) is 0 Å². The van der Waals surface area contributed by atoms with Crippen LogP contribution in [-0.4, -0.2) is 16.0 Å². The molecule has 3 aromatic rings. The fourth-order valence-electron chi connectivity index (χ4n) is 3.65. The molecular formula is C22H22BrN3. The molecule has 0 fully saturated rings. The molecule has 1 heterocycles. The standard InChI is InChI=1S/C22H22BrN3/c1-22(2)12-20(24-14-16-8-10-17(23)11-9-16)19-15-25-26(21(19)13-22)18-6-4-3-5-7-18/h3-11,14-15,20H,12-13H2,1-2H3. The number of halogens is 1. The first-order valence-electron chi connectivity index (χ1n) is 8.93. The molecule has 26 heavy (non-hydrogen) atoms. The van der Waals surface area contributed by atoms with Crippen LogP contribution in [0.2, 0.25) is 0 Å².